The van der Waals surface area contributed by atoms with Gasteiger partial charge in [0.15, 0.2) is 0 Å². The zero-order valence-electron chi connectivity index (χ0n) is 16.0. The molecule has 2 heterocycles. The van der Waals surface area contributed by atoms with E-state index < -0.39 is 18.0 Å². The standard InChI is InChI=1S/C19H25N5O4S/c20-16(26)15-17(28-11-12-5-4-8-21-9-12)24-29-18(15)23-19(27)22-10-13-6-2-1-3-7-14(13)25/h4-5,8-9,13-14,25H,1-3,6-7,10-11H2,(H2,20,26)(H2,22,23,27)/t13-,14?/m1/s1. The van der Waals surface area contributed by atoms with Gasteiger partial charge in [-0.15, -0.1) is 0 Å². The van der Waals surface area contributed by atoms with E-state index in [9.17, 15) is 14.7 Å². The fourth-order valence-electron chi connectivity index (χ4n) is 3.29. The van der Waals surface area contributed by atoms with E-state index in [0.717, 1.165) is 49.2 Å². The minimum absolute atomic E-state index is 0.0266. The Morgan fingerprint density at radius 3 is 2.90 bits per heavy atom. The van der Waals surface area contributed by atoms with Gasteiger partial charge in [-0.1, -0.05) is 25.3 Å². The third-order valence-electron chi connectivity index (χ3n) is 4.88. The van der Waals surface area contributed by atoms with Crippen LogP contribution in [0.3, 0.4) is 0 Å². The van der Waals surface area contributed by atoms with Crippen molar-refractivity contribution in [3.05, 3.63) is 35.7 Å². The Labute approximate surface area is 172 Å². The van der Waals surface area contributed by atoms with Gasteiger partial charge in [0.25, 0.3) is 5.91 Å². The molecule has 0 spiro atoms. The molecule has 10 heteroatoms. The van der Waals surface area contributed by atoms with Crippen LogP contribution in [0, 0.1) is 5.92 Å². The summed E-state index contributed by atoms with van der Waals surface area (Å²) in [6.07, 6.45) is 7.67. The monoisotopic (exact) mass is 419 g/mol. The molecule has 156 valence electrons. The first-order chi connectivity index (χ1) is 14.0. The minimum Gasteiger partial charge on any atom is -0.472 e. The Balaban J connectivity index is 1.58. The van der Waals surface area contributed by atoms with Crippen LogP contribution in [0.1, 0.15) is 48.0 Å². The number of carbonyl (C=O) groups excluding carboxylic acids is 2. The van der Waals surface area contributed by atoms with Crippen LogP contribution in [-0.4, -0.2) is 39.1 Å². The van der Waals surface area contributed by atoms with Crippen molar-refractivity contribution < 1.29 is 19.4 Å². The molecule has 1 aliphatic rings. The minimum atomic E-state index is -0.741. The second-order valence-electron chi connectivity index (χ2n) is 7.01. The Bertz CT molecular complexity index is 829. The number of aromatic nitrogens is 2. The highest BCUT2D eigenvalue weighted by atomic mass is 32.1. The normalized spacial score (nSPS) is 19.2. The lowest BCUT2D eigenvalue weighted by atomic mass is 9.97. The van der Waals surface area contributed by atoms with Gasteiger partial charge in [0, 0.05) is 30.4 Å². The summed E-state index contributed by atoms with van der Waals surface area (Å²) in [5.74, 6) is -0.644. The molecule has 0 bridgehead atoms. The van der Waals surface area contributed by atoms with Gasteiger partial charge in [0.05, 0.1) is 6.10 Å². The molecule has 1 saturated carbocycles. The predicted molar refractivity (Wildman–Crippen MR) is 109 cm³/mol. The highest BCUT2D eigenvalue weighted by Gasteiger charge is 2.24. The molecule has 0 aromatic carbocycles. The third-order valence-corrected chi connectivity index (χ3v) is 5.62. The first-order valence-corrected chi connectivity index (χ1v) is 10.4. The molecule has 9 nitrogen and oxygen atoms in total. The molecular weight excluding hydrogens is 394 g/mol. The summed E-state index contributed by atoms with van der Waals surface area (Å²) in [4.78, 5) is 28.2. The second-order valence-corrected chi connectivity index (χ2v) is 7.78. The van der Waals surface area contributed by atoms with E-state index in [1.165, 1.54) is 0 Å². The molecule has 2 aromatic rings. The van der Waals surface area contributed by atoms with E-state index >= 15 is 0 Å². The summed E-state index contributed by atoms with van der Waals surface area (Å²) in [5, 5.41) is 15.8. The number of rotatable bonds is 7. The van der Waals surface area contributed by atoms with E-state index in [1.807, 2.05) is 6.07 Å². The molecule has 2 atom stereocenters. The van der Waals surface area contributed by atoms with Crippen molar-refractivity contribution in [3.63, 3.8) is 0 Å². The van der Waals surface area contributed by atoms with Crippen LogP contribution in [0.25, 0.3) is 0 Å². The largest absolute Gasteiger partial charge is 0.472 e. The quantitative estimate of drug-likeness (QED) is 0.508. The number of nitrogens with two attached hydrogens (primary N) is 1. The molecule has 1 aliphatic carbocycles. The van der Waals surface area contributed by atoms with Gasteiger partial charge in [-0.2, -0.15) is 4.37 Å². The lowest BCUT2D eigenvalue weighted by Crippen LogP contribution is -2.37. The van der Waals surface area contributed by atoms with Crippen molar-refractivity contribution in [1.29, 1.82) is 0 Å². The lowest BCUT2D eigenvalue weighted by Gasteiger charge is -2.20. The van der Waals surface area contributed by atoms with E-state index in [1.54, 1.807) is 18.5 Å². The smallest absolute Gasteiger partial charge is 0.319 e. The van der Waals surface area contributed by atoms with Crippen LogP contribution >= 0.6 is 11.5 Å². The van der Waals surface area contributed by atoms with E-state index in [2.05, 4.69) is 20.0 Å². The van der Waals surface area contributed by atoms with Gasteiger partial charge in [-0.3, -0.25) is 15.1 Å². The second kappa shape index (κ2) is 10.2. The Morgan fingerprint density at radius 1 is 1.31 bits per heavy atom. The van der Waals surface area contributed by atoms with E-state index in [-0.39, 0.29) is 29.0 Å². The van der Waals surface area contributed by atoms with Crippen LogP contribution in [0.5, 0.6) is 5.88 Å². The van der Waals surface area contributed by atoms with Crippen molar-refractivity contribution in [2.24, 2.45) is 11.7 Å². The molecule has 1 fully saturated rings. The lowest BCUT2D eigenvalue weighted by molar-refractivity contribution is 0.0996. The maximum absolute atomic E-state index is 12.3. The zero-order valence-corrected chi connectivity index (χ0v) is 16.8. The van der Waals surface area contributed by atoms with Crippen LogP contribution in [-0.2, 0) is 6.61 Å². The highest BCUT2D eigenvalue weighted by Crippen LogP contribution is 2.30. The summed E-state index contributed by atoms with van der Waals surface area (Å²) in [7, 11) is 0. The summed E-state index contributed by atoms with van der Waals surface area (Å²) in [5.41, 5.74) is 6.30. The maximum atomic E-state index is 12.3. The number of pyridine rings is 1. The summed E-state index contributed by atoms with van der Waals surface area (Å²) >= 11 is 0.921. The fourth-order valence-corrected chi connectivity index (χ4v) is 4.02. The number of nitrogens with zero attached hydrogens (tertiary/aromatic N) is 2. The van der Waals surface area contributed by atoms with Crippen molar-refractivity contribution in [1.82, 2.24) is 14.7 Å². The first-order valence-electron chi connectivity index (χ1n) is 9.58. The summed E-state index contributed by atoms with van der Waals surface area (Å²) in [6.45, 7) is 0.533. The molecule has 2 aromatic heterocycles. The Morgan fingerprint density at radius 2 is 2.14 bits per heavy atom. The SMILES string of the molecule is NC(=O)c1c(OCc2cccnc2)nsc1NC(=O)NC[C@H]1CCCCCC1O. The number of primary amides is 1. The average Bonchev–Trinajstić information content (AvgIpc) is 2.99. The number of urea groups is 1. The average molecular weight is 420 g/mol. The molecular formula is C19H25N5O4S. The van der Waals surface area contributed by atoms with Gasteiger partial charge < -0.3 is 20.9 Å². The van der Waals surface area contributed by atoms with Crippen LogP contribution in [0.15, 0.2) is 24.5 Å². The molecule has 0 aliphatic heterocycles. The molecule has 1 unspecified atom stereocenters. The van der Waals surface area contributed by atoms with Gasteiger partial charge in [-0.25, -0.2) is 4.79 Å². The van der Waals surface area contributed by atoms with Crippen molar-refractivity contribution in [2.45, 2.75) is 44.8 Å². The molecule has 3 amide bonds. The maximum Gasteiger partial charge on any atom is 0.319 e. The van der Waals surface area contributed by atoms with Gasteiger partial charge in [0.1, 0.15) is 17.2 Å². The van der Waals surface area contributed by atoms with E-state index in [4.69, 9.17) is 10.5 Å². The number of ether oxygens (including phenoxy) is 1. The molecule has 29 heavy (non-hydrogen) atoms. The predicted octanol–water partition coefficient (Wildman–Crippen LogP) is 2.28. The Kier molecular flexibility index (Phi) is 7.36. The topological polar surface area (TPSA) is 139 Å². The number of nitrogens with one attached hydrogen (secondary N) is 2. The third kappa shape index (κ3) is 5.88. The summed E-state index contributed by atoms with van der Waals surface area (Å²) < 4.78 is 9.68. The number of aliphatic hydroxyl groups is 1. The van der Waals surface area contributed by atoms with Gasteiger partial charge in [0.2, 0.25) is 5.88 Å². The van der Waals surface area contributed by atoms with Gasteiger partial charge >= 0.3 is 6.03 Å². The number of amides is 3. The molecule has 5 N–H and O–H groups in total. The van der Waals surface area contributed by atoms with Crippen LogP contribution in [0.2, 0.25) is 0 Å². The highest BCUT2D eigenvalue weighted by molar-refractivity contribution is 7.11. The van der Waals surface area contributed by atoms with Crippen LogP contribution in [0.4, 0.5) is 9.80 Å². The number of anilines is 1. The van der Waals surface area contributed by atoms with Crippen molar-refractivity contribution >= 4 is 28.5 Å². The van der Waals surface area contributed by atoms with Crippen molar-refractivity contribution in [3.8, 4) is 5.88 Å². The number of carbonyl (C=O) groups is 2. The summed E-state index contributed by atoms with van der Waals surface area (Å²) in [6, 6.07) is 3.13. The molecule has 3 rings (SSSR count). The Hall–Kier alpha value is -2.72. The van der Waals surface area contributed by atoms with Gasteiger partial charge in [-0.05, 0) is 30.4 Å². The number of hydrogen-bond donors (Lipinski definition) is 4. The first kappa shape index (κ1) is 21.0. The molecule has 0 radical (unpaired) electrons. The molecule has 0 saturated heterocycles. The number of hydrogen-bond acceptors (Lipinski definition) is 7. The zero-order chi connectivity index (χ0) is 20.6. The fraction of sp³-hybridized carbons (Fsp3) is 0.474. The number of aliphatic hydroxyl groups excluding tert-OH is 1. The van der Waals surface area contributed by atoms with Crippen molar-refractivity contribution in [2.75, 3.05) is 11.9 Å². The van der Waals surface area contributed by atoms with E-state index in [0.29, 0.717) is 6.54 Å². The van der Waals surface area contributed by atoms with Crippen LogP contribution < -0.4 is 21.1 Å².